The van der Waals surface area contributed by atoms with Crippen LogP contribution in [0.3, 0.4) is 0 Å². The van der Waals surface area contributed by atoms with Gasteiger partial charge in [0.05, 0.1) is 25.9 Å². The van der Waals surface area contributed by atoms with E-state index in [1.54, 1.807) is 7.11 Å². The Morgan fingerprint density at radius 2 is 1.18 bits per heavy atom. The zero-order valence-electron chi connectivity index (χ0n) is 11.5. The van der Waals surface area contributed by atoms with Crippen LogP contribution in [0.1, 0.15) is 13.3 Å². The topological polar surface area (TPSA) is 102 Å². The fourth-order valence-corrected chi connectivity index (χ4v) is 0.577. The van der Waals surface area contributed by atoms with Crippen LogP contribution in [0.4, 0.5) is 0 Å². The van der Waals surface area contributed by atoms with E-state index in [0.717, 1.165) is 13.5 Å². The van der Waals surface area contributed by atoms with Crippen molar-refractivity contribution in [3.05, 3.63) is 0 Å². The van der Waals surface area contributed by atoms with Gasteiger partial charge in [-0.1, -0.05) is 6.92 Å². The van der Waals surface area contributed by atoms with Crippen molar-refractivity contribution in [2.75, 3.05) is 41.2 Å². The Morgan fingerprint density at radius 3 is 1.18 bits per heavy atom. The Balaban J connectivity index is -0.0000000823. The SMILES string of the molecule is CCC(CO)OC.COC(CO)CO.C[O-].[Na+]. The summed E-state index contributed by atoms with van der Waals surface area (Å²) in [7, 11) is 3.79. The number of rotatable bonds is 6. The first-order valence-corrected chi connectivity index (χ1v) is 4.98. The minimum absolute atomic E-state index is 0. The third kappa shape index (κ3) is 22.4. The smallest absolute Gasteiger partial charge is 0.857 e. The molecule has 3 N–H and O–H groups in total. The molecule has 102 valence electrons. The van der Waals surface area contributed by atoms with Gasteiger partial charge in [-0.05, 0) is 6.42 Å². The minimum Gasteiger partial charge on any atom is -0.857 e. The summed E-state index contributed by atoms with van der Waals surface area (Å²) in [6.07, 6.45) is 0.521. The fourth-order valence-electron chi connectivity index (χ4n) is 0.577. The van der Waals surface area contributed by atoms with Crippen LogP contribution in [0, 0.1) is 0 Å². The molecule has 0 aromatic rings. The number of hydrogen-bond donors (Lipinski definition) is 3. The third-order valence-corrected chi connectivity index (χ3v) is 1.73. The summed E-state index contributed by atoms with van der Waals surface area (Å²) in [6, 6.07) is 0. The number of ether oxygens (including phenoxy) is 2. The molecule has 7 heteroatoms. The van der Waals surface area contributed by atoms with Gasteiger partial charge in [0.1, 0.15) is 6.10 Å². The van der Waals surface area contributed by atoms with Gasteiger partial charge in [0.25, 0.3) is 0 Å². The number of hydrogen-bond acceptors (Lipinski definition) is 6. The van der Waals surface area contributed by atoms with Crippen molar-refractivity contribution in [1.29, 1.82) is 0 Å². The molecule has 0 spiro atoms. The molecule has 1 unspecified atom stereocenters. The molecule has 0 aliphatic carbocycles. The van der Waals surface area contributed by atoms with E-state index in [9.17, 15) is 0 Å². The molecular weight excluding hydrogens is 239 g/mol. The normalized spacial score (nSPS) is 10.4. The molecule has 0 amide bonds. The van der Waals surface area contributed by atoms with Gasteiger partial charge < -0.3 is 29.9 Å². The molecule has 1 atom stereocenters. The molecule has 0 heterocycles. The quantitative estimate of drug-likeness (QED) is 0.417. The van der Waals surface area contributed by atoms with Crippen molar-refractivity contribution in [2.45, 2.75) is 25.6 Å². The Morgan fingerprint density at radius 1 is 0.882 bits per heavy atom. The summed E-state index contributed by atoms with van der Waals surface area (Å²) in [5.74, 6) is 0. The molecule has 0 aromatic carbocycles. The standard InChI is InChI=1S/C5H12O2.C4H10O3.CH3O.Na/c1-3-5(4-6)7-2;1-7-4(2-5)3-6;1-2;/h5-6H,3-4H2,1-2H3;4-6H,2-3H2,1H3;1H3;/q;;-1;+1. The molecule has 0 rings (SSSR count). The summed E-state index contributed by atoms with van der Waals surface area (Å²) in [6.45, 7) is 1.87. The van der Waals surface area contributed by atoms with Crippen LogP contribution < -0.4 is 34.7 Å². The maximum atomic E-state index is 8.40. The monoisotopic (exact) mass is 264 g/mol. The second-order valence-electron chi connectivity index (χ2n) is 2.67. The molecule has 0 aliphatic rings. The van der Waals surface area contributed by atoms with E-state index in [1.165, 1.54) is 7.11 Å². The van der Waals surface area contributed by atoms with E-state index in [2.05, 4.69) is 4.74 Å². The number of aliphatic hydroxyl groups is 3. The van der Waals surface area contributed by atoms with Crippen molar-refractivity contribution in [3.8, 4) is 0 Å². The zero-order chi connectivity index (χ0) is 13.4. The zero-order valence-corrected chi connectivity index (χ0v) is 13.5. The van der Waals surface area contributed by atoms with Crippen molar-refractivity contribution < 1.29 is 59.5 Å². The predicted octanol–water partition coefficient (Wildman–Crippen LogP) is -4.63. The Bertz CT molecular complexity index is 75.8. The van der Waals surface area contributed by atoms with Gasteiger partial charge in [-0.25, -0.2) is 0 Å². The molecule has 0 saturated carbocycles. The molecule has 0 aromatic heterocycles. The fraction of sp³-hybridized carbons (Fsp3) is 1.00. The molecule has 0 aliphatic heterocycles. The van der Waals surface area contributed by atoms with Crippen LogP contribution in [0.25, 0.3) is 0 Å². The van der Waals surface area contributed by atoms with Gasteiger partial charge >= 0.3 is 29.6 Å². The van der Waals surface area contributed by atoms with Crippen molar-refractivity contribution in [1.82, 2.24) is 0 Å². The van der Waals surface area contributed by atoms with Crippen molar-refractivity contribution >= 4 is 0 Å². The van der Waals surface area contributed by atoms with E-state index in [0.29, 0.717) is 0 Å². The predicted molar refractivity (Wildman–Crippen MR) is 59.1 cm³/mol. The van der Waals surface area contributed by atoms with Crippen LogP contribution in [0.5, 0.6) is 0 Å². The minimum atomic E-state index is -0.403. The molecular formula is C10H25NaO6. The van der Waals surface area contributed by atoms with E-state index in [4.69, 9.17) is 25.2 Å². The van der Waals surface area contributed by atoms with Crippen LogP contribution >= 0.6 is 0 Å². The van der Waals surface area contributed by atoms with Crippen molar-refractivity contribution in [3.63, 3.8) is 0 Å². The second kappa shape index (κ2) is 25.6. The van der Waals surface area contributed by atoms with Crippen LogP contribution in [0.15, 0.2) is 0 Å². The number of methoxy groups -OCH3 is 2. The maximum Gasteiger partial charge on any atom is 1.00 e. The Labute approximate surface area is 126 Å². The first-order valence-electron chi connectivity index (χ1n) is 4.98. The molecule has 0 radical (unpaired) electrons. The van der Waals surface area contributed by atoms with Gasteiger partial charge in [0.15, 0.2) is 0 Å². The average Bonchev–Trinajstić information content (AvgIpc) is 2.37. The molecule has 0 saturated heterocycles. The largest absolute Gasteiger partial charge is 1.00 e. The summed E-state index contributed by atoms with van der Waals surface area (Å²) < 4.78 is 9.35. The summed E-state index contributed by atoms with van der Waals surface area (Å²) in [5, 5.41) is 33.1. The van der Waals surface area contributed by atoms with E-state index in [-0.39, 0.29) is 55.5 Å². The average molecular weight is 264 g/mol. The van der Waals surface area contributed by atoms with Crippen LogP contribution in [0.2, 0.25) is 0 Å². The third-order valence-electron chi connectivity index (χ3n) is 1.73. The molecule has 6 nitrogen and oxygen atoms in total. The van der Waals surface area contributed by atoms with Gasteiger partial charge in [0.2, 0.25) is 0 Å². The summed E-state index contributed by atoms with van der Waals surface area (Å²) in [4.78, 5) is 0. The molecule has 17 heavy (non-hydrogen) atoms. The van der Waals surface area contributed by atoms with Gasteiger partial charge in [0, 0.05) is 14.2 Å². The first-order chi connectivity index (χ1) is 7.69. The molecule has 0 bridgehead atoms. The van der Waals surface area contributed by atoms with Gasteiger partial charge in [-0.3, -0.25) is 0 Å². The Kier molecular flexibility index (Phi) is 39.6. The molecule has 0 fully saturated rings. The Hall–Kier alpha value is 0.760. The van der Waals surface area contributed by atoms with Crippen molar-refractivity contribution in [2.24, 2.45) is 0 Å². The first kappa shape index (κ1) is 26.3. The second-order valence-corrected chi connectivity index (χ2v) is 2.67. The summed E-state index contributed by atoms with van der Waals surface area (Å²) >= 11 is 0. The number of aliphatic hydroxyl groups excluding tert-OH is 3. The van der Waals surface area contributed by atoms with Gasteiger partial charge in [-0.2, -0.15) is 7.11 Å². The van der Waals surface area contributed by atoms with E-state index in [1.807, 2.05) is 6.92 Å². The van der Waals surface area contributed by atoms with Gasteiger partial charge in [-0.15, -0.1) is 0 Å². The summed E-state index contributed by atoms with van der Waals surface area (Å²) in [5.41, 5.74) is 0. The van der Waals surface area contributed by atoms with Crippen LogP contribution in [-0.4, -0.2) is 68.7 Å². The van der Waals surface area contributed by atoms with E-state index < -0.39 is 6.10 Å². The van der Waals surface area contributed by atoms with E-state index >= 15 is 0 Å². The van der Waals surface area contributed by atoms with Crippen LogP contribution in [-0.2, 0) is 9.47 Å². The maximum absolute atomic E-state index is 8.40.